The van der Waals surface area contributed by atoms with Crippen molar-refractivity contribution in [1.29, 1.82) is 0 Å². The van der Waals surface area contributed by atoms with Gasteiger partial charge in [-0.15, -0.1) is 11.3 Å². The number of aliphatic hydroxyl groups excluding tert-OH is 1. The van der Waals surface area contributed by atoms with Crippen LogP contribution < -0.4 is 5.32 Å². The normalized spacial score (nSPS) is 11.9. The molecular weight excluding hydrogens is 284 g/mol. The molecule has 0 aromatic carbocycles. The van der Waals surface area contributed by atoms with Gasteiger partial charge in [-0.3, -0.25) is 0 Å². The molecule has 0 amide bonds. The Bertz CT molecular complexity index is 610. The van der Waals surface area contributed by atoms with Crippen molar-refractivity contribution in [3.05, 3.63) is 27.3 Å². The molecule has 21 heavy (non-hydrogen) atoms. The first kappa shape index (κ1) is 16.0. The number of aromatic nitrogens is 3. The molecule has 0 bridgehead atoms. The third kappa shape index (κ3) is 3.63. The summed E-state index contributed by atoms with van der Waals surface area (Å²) in [5, 5.41) is 18.1. The fraction of sp³-hybridized carbons (Fsp3) is 0.600. The number of nitrogens with one attached hydrogen (secondary N) is 1. The highest BCUT2D eigenvalue weighted by Crippen LogP contribution is 2.27. The highest BCUT2D eigenvalue weighted by atomic mass is 32.1. The van der Waals surface area contributed by atoms with E-state index in [4.69, 9.17) is 5.11 Å². The van der Waals surface area contributed by atoms with Crippen LogP contribution in [0.5, 0.6) is 0 Å². The largest absolute Gasteiger partial charge is 0.394 e. The third-order valence-electron chi connectivity index (χ3n) is 3.36. The van der Waals surface area contributed by atoms with Gasteiger partial charge in [0.05, 0.1) is 30.4 Å². The molecular formula is C15H24N4OS. The van der Waals surface area contributed by atoms with Gasteiger partial charge in [0.15, 0.2) is 0 Å². The summed E-state index contributed by atoms with van der Waals surface area (Å²) in [4.78, 5) is 5.70. The second-order valence-electron chi connectivity index (χ2n) is 6.24. The van der Waals surface area contributed by atoms with Gasteiger partial charge in [-0.25, -0.2) is 9.67 Å². The molecule has 2 N–H and O–H groups in total. The van der Waals surface area contributed by atoms with E-state index in [2.05, 4.69) is 36.2 Å². The van der Waals surface area contributed by atoms with Crippen molar-refractivity contribution in [2.45, 2.75) is 53.1 Å². The van der Waals surface area contributed by atoms with E-state index in [-0.39, 0.29) is 12.0 Å². The lowest BCUT2D eigenvalue weighted by molar-refractivity contribution is 0.270. The molecule has 2 heterocycles. The maximum Gasteiger partial charge on any atom is 0.127 e. The summed E-state index contributed by atoms with van der Waals surface area (Å²) in [6, 6.07) is 0. The molecule has 0 saturated carbocycles. The number of rotatable bonds is 5. The van der Waals surface area contributed by atoms with Crippen LogP contribution in [0.15, 0.2) is 6.20 Å². The van der Waals surface area contributed by atoms with Crippen LogP contribution in [0.4, 0.5) is 5.82 Å². The van der Waals surface area contributed by atoms with Crippen LogP contribution in [-0.4, -0.2) is 26.5 Å². The van der Waals surface area contributed by atoms with E-state index >= 15 is 0 Å². The lowest BCUT2D eigenvalue weighted by Gasteiger charge is -2.13. The number of anilines is 1. The average Bonchev–Trinajstić information content (AvgIpc) is 2.95. The SMILES string of the molecule is Cc1nn(CCO)c(NCc2cnc(C(C)(C)C)s2)c1C. The Balaban J connectivity index is 2.11. The van der Waals surface area contributed by atoms with Crippen molar-refractivity contribution in [3.8, 4) is 0 Å². The van der Waals surface area contributed by atoms with E-state index in [0.717, 1.165) is 28.6 Å². The summed E-state index contributed by atoms with van der Waals surface area (Å²) in [6.07, 6.45) is 1.94. The Labute approximate surface area is 130 Å². The fourth-order valence-electron chi connectivity index (χ4n) is 2.06. The van der Waals surface area contributed by atoms with Gasteiger partial charge in [-0.2, -0.15) is 5.10 Å². The van der Waals surface area contributed by atoms with E-state index in [1.165, 1.54) is 4.88 Å². The lowest BCUT2D eigenvalue weighted by Crippen LogP contribution is -2.10. The van der Waals surface area contributed by atoms with E-state index in [9.17, 15) is 0 Å². The van der Waals surface area contributed by atoms with Gasteiger partial charge in [-0.1, -0.05) is 20.8 Å². The summed E-state index contributed by atoms with van der Waals surface area (Å²) >= 11 is 1.74. The maximum absolute atomic E-state index is 9.13. The number of nitrogens with zero attached hydrogens (tertiary/aromatic N) is 3. The zero-order valence-corrected chi connectivity index (χ0v) is 14.2. The Hall–Kier alpha value is -1.40. The molecule has 0 spiro atoms. The molecule has 2 aromatic heterocycles. The highest BCUT2D eigenvalue weighted by Gasteiger charge is 2.18. The first-order chi connectivity index (χ1) is 9.82. The van der Waals surface area contributed by atoms with Gasteiger partial charge < -0.3 is 10.4 Å². The Morgan fingerprint density at radius 3 is 2.62 bits per heavy atom. The fourth-order valence-corrected chi connectivity index (χ4v) is 2.97. The van der Waals surface area contributed by atoms with Crippen molar-refractivity contribution < 1.29 is 5.11 Å². The average molecular weight is 308 g/mol. The van der Waals surface area contributed by atoms with Crippen LogP contribution in [-0.2, 0) is 18.5 Å². The van der Waals surface area contributed by atoms with Crippen LogP contribution in [0.2, 0.25) is 0 Å². The van der Waals surface area contributed by atoms with E-state index in [0.29, 0.717) is 6.54 Å². The number of thiazole rings is 1. The van der Waals surface area contributed by atoms with Gasteiger partial charge in [0.2, 0.25) is 0 Å². The predicted molar refractivity (Wildman–Crippen MR) is 86.9 cm³/mol. The van der Waals surface area contributed by atoms with Crippen molar-refractivity contribution in [2.75, 3.05) is 11.9 Å². The van der Waals surface area contributed by atoms with Crippen molar-refractivity contribution >= 4 is 17.2 Å². The lowest BCUT2D eigenvalue weighted by atomic mass is 9.98. The number of aliphatic hydroxyl groups is 1. The van der Waals surface area contributed by atoms with Crippen LogP contribution in [0.1, 0.15) is 41.9 Å². The minimum absolute atomic E-state index is 0.0873. The zero-order chi connectivity index (χ0) is 15.6. The minimum Gasteiger partial charge on any atom is -0.394 e. The molecule has 0 saturated heterocycles. The molecule has 0 radical (unpaired) electrons. The van der Waals surface area contributed by atoms with Gasteiger partial charge in [-0.05, 0) is 13.8 Å². The quantitative estimate of drug-likeness (QED) is 0.891. The van der Waals surface area contributed by atoms with Crippen LogP contribution in [0, 0.1) is 13.8 Å². The molecule has 2 rings (SSSR count). The summed E-state index contributed by atoms with van der Waals surface area (Å²) < 4.78 is 1.83. The Morgan fingerprint density at radius 2 is 2.05 bits per heavy atom. The minimum atomic E-state index is 0.0873. The highest BCUT2D eigenvalue weighted by molar-refractivity contribution is 7.11. The van der Waals surface area contributed by atoms with E-state index in [1.807, 2.05) is 24.7 Å². The second-order valence-corrected chi connectivity index (χ2v) is 7.36. The van der Waals surface area contributed by atoms with Crippen molar-refractivity contribution in [2.24, 2.45) is 0 Å². The van der Waals surface area contributed by atoms with Crippen LogP contribution >= 0.6 is 11.3 Å². The first-order valence-electron chi connectivity index (χ1n) is 7.17. The summed E-state index contributed by atoms with van der Waals surface area (Å²) in [5.74, 6) is 0.979. The van der Waals surface area contributed by atoms with E-state index < -0.39 is 0 Å². The van der Waals surface area contributed by atoms with Crippen LogP contribution in [0.25, 0.3) is 0 Å². The van der Waals surface area contributed by atoms with Crippen molar-refractivity contribution in [3.63, 3.8) is 0 Å². The standard InChI is InChI=1S/C15H24N4OS/c1-10-11(2)18-19(6-7-20)13(10)16-8-12-9-17-14(21-12)15(3,4)5/h9,16,20H,6-8H2,1-5H3. The zero-order valence-electron chi connectivity index (χ0n) is 13.4. The predicted octanol–water partition coefficient (Wildman–Crippen LogP) is 2.86. The van der Waals surface area contributed by atoms with Gasteiger partial charge in [0.25, 0.3) is 0 Å². The molecule has 0 aliphatic heterocycles. The third-order valence-corrected chi connectivity index (χ3v) is 4.79. The number of hydrogen-bond donors (Lipinski definition) is 2. The molecule has 0 aliphatic rings. The number of aryl methyl sites for hydroxylation is 1. The molecule has 116 valence electrons. The number of hydrogen-bond acceptors (Lipinski definition) is 5. The molecule has 0 aliphatic carbocycles. The summed E-state index contributed by atoms with van der Waals surface area (Å²) in [5.41, 5.74) is 2.21. The van der Waals surface area contributed by atoms with Gasteiger partial charge in [0.1, 0.15) is 5.82 Å². The molecule has 6 heteroatoms. The molecule has 0 fully saturated rings. The maximum atomic E-state index is 9.13. The topological polar surface area (TPSA) is 63.0 Å². The molecule has 5 nitrogen and oxygen atoms in total. The summed E-state index contributed by atoms with van der Waals surface area (Å²) in [7, 11) is 0. The monoisotopic (exact) mass is 308 g/mol. The smallest absolute Gasteiger partial charge is 0.127 e. The van der Waals surface area contributed by atoms with Gasteiger partial charge >= 0.3 is 0 Å². The van der Waals surface area contributed by atoms with E-state index in [1.54, 1.807) is 11.3 Å². The molecule has 2 aromatic rings. The van der Waals surface area contributed by atoms with Gasteiger partial charge in [0, 0.05) is 22.1 Å². The first-order valence-corrected chi connectivity index (χ1v) is 7.98. The second kappa shape index (κ2) is 6.15. The van der Waals surface area contributed by atoms with Crippen LogP contribution in [0.3, 0.4) is 0 Å². The Morgan fingerprint density at radius 1 is 1.33 bits per heavy atom. The Kier molecular flexibility index (Phi) is 4.68. The summed E-state index contributed by atoms with van der Waals surface area (Å²) in [6.45, 7) is 11.9. The molecule has 0 unspecified atom stereocenters. The molecule has 0 atom stereocenters. The van der Waals surface area contributed by atoms with Crippen molar-refractivity contribution in [1.82, 2.24) is 14.8 Å².